The minimum atomic E-state index is -0.675. The van der Waals surface area contributed by atoms with Crippen molar-refractivity contribution in [3.8, 4) is 0 Å². The van der Waals surface area contributed by atoms with E-state index in [1.54, 1.807) is 0 Å². The van der Waals surface area contributed by atoms with Crippen molar-refractivity contribution in [3.05, 3.63) is 71.8 Å². The first-order valence-corrected chi connectivity index (χ1v) is 9.17. The summed E-state index contributed by atoms with van der Waals surface area (Å²) in [5.41, 5.74) is 2.66. The van der Waals surface area contributed by atoms with E-state index in [2.05, 4.69) is 67.7 Å². The van der Waals surface area contributed by atoms with Crippen molar-refractivity contribution in [1.82, 2.24) is 5.32 Å². The molecule has 0 amide bonds. The largest absolute Gasteiger partial charge is 0.481 e. The van der Waals surface area contributed by atoms with Crippen molar-refractivity contribution in [3.63, 3.8) is 0 Å². The van der Waals surface area contributed by atoms with Gasteiger partial charge in [-0.2, -0.15) is 0 Å². The lowest BCUT2D eigenvalue weighted by molar-refractivity contribution is -0.137. The normalized spacial score (nSPS) is 11.3. The summed E-state index contributed by atoms with van der Waals surface area (Å²) in [6.45, 7) is 5.22. The second kappa shape index (κ2) is 13.2. The number of hydrogen-bond acceptors (Lipinski definition) is 2. The zero-order valence-electron chi connectivity index (χ0n) is 15.4. The SMILES string of the molecule is CC(NCc1ccccc1)c1ccccc1.CCCCCCC(=O)O. The molecule has 0 aliphatic heterocycles. The predicted molar refractivity (Wildman–Crippen MR) is 105 cm³/mol. The highest BCUT2D eigenvalue weighted by Crippen LogP contribution is 2.12. The number of nitrogens with one attached hydrogen (secondary N) is 1. The van der Waals surface area contributed by atoms with Crippen molar-refractivity contribution in [2.75, 3.05) is 0 Å². The van der Waals surface area contributed by atoms with E-state index in [9.17, 15) is 4.79 Å². The van der Waals surface area contributed by atoms with E-state index in [1.807, 2.05) is 12.1 Å². The van der Waals surface area contributed by atoms with Gasteiger partial charge in [0.15, 0.2) is 0 Å². The minimum Gasteiger partial charge on any atom is -0.481 e. The van der Waals surface area contributed by atoms with Crippen LogP contribution in [0.2, 0.25) is 0 Å². The summed E-state index contributed by atoms with van der Waals surface area (Å²) >= 11 is 0. The third-order valence-electron chi connectivity index (χ3n) is 4.00. The molecular formula is C22H31NO2. The van der Waals surface area contributed by atoms with Crippen molar-refractivity contribution in [1.29, 1.82) is 0 Å². The lowest BCUT2D eigenvalue weighted by atomic mass is 10.1. The van der Waals surface area contributed by atoms with Gasteiger partial charge in [0.2, 0.25) is 0 Å². The average molecular weight is 341 g/mol. The van der Waals surface area contributed by atoms with Crippen LogP contribution >= 0.6 is 0 Å². The van der Waals surface area contributed by atoms with E-state index in [-0.39, 0.29) is 0 Å². The van der Waals surface area contributed by atoms with Crippen LogP contribution in [0.25, 0.3) is 0 Å². The van der Waals surface area contributed by atoms with Gasteiger partial charge in [-0.25, -0.2) is 0 Å². The van der Waals surface area contributed by atoms with Gasteiger partial charge in [-0.05, 0) is 24.5 Å². The van der Waals surface area contributed by atoms with Gasteiger partial charge in [0, 0.05) is 19.0 Å². The highest BCUT2D eigenvalue weighted by molar-refractivity contribution is 5.66. The number of carbonyl (C=O) groups is 1. The number of aliphatic carboxylic acids is 1. The molecule has 0 bridgehead atoms. The van der Waals surface area contributed by atoms with Gasteiger partial charge in [0.1, 0.15) is 0 Å². The van der Waals surface area contributed by atoms with Crippen LogP contribution in [0.4, 0.5) is 0 Å². The van der Waals surface area contributed by atoms with Crippen LogP contribution in [0.15, 0.2) is 60.7 Å². The first kappa shape index (κ1) is 20.9. The fourth-order valence-electron chi connectivity index (χ4n) is 2.43. The second-order valence-electron chi connectivity index (χ2n) is 6.20. The molecule has 2 aromatic rings. The molecule has 25 heavy (non-hydrogen) atoms. The molecular weight excluding hydrogens is 310 g/mol. The number of carboxylic acids is 1. The number of carboxylic acid groups (broad SMARTS) is 1. The Labute approximate surface area is 152 Å². The van der Waals surface area contributed by atoms with Crippen LogP contribution < -0.4 is 5.32 Å². The zero-order valence-corrected chi connectivity index (χ0v) is 15.4. The van der Waals surface area contributed by atoms with Crippen LogP contribution in [0.3, 0.4) is 0 Å². The molecule has 0 saturated heterocycles. The first-order chi connectivity index (χ1) is 12.1. The minimum absolute atomic E-state index is 0.333. The Hall–Kier alpha value is -2.13. The summed E-state index contributed by atoms with van der Waals surface area (Å²) in [4.78, 5) is 9.96. The number of rotatable bonds is 9. The first-order valence-electron chi connectivity index (χ1n) is 9.17. The maximum atomic E-state index is 9.96. The number of hydrogen-bond donors (Lipinski definition) is 2. The van der Waals surface area contributed by atoms with Crippen LogP contribution in [0.5, 0.6) is 0 Å². The van der Waals surface area contributed by atoms with E-state index in [0.29, 0.717) is 12.5 Å². The van der Waals surface area contributed by atoms with E-state index in [1.165, 1.54) is 17.5 Å². The molecule has 0 fully saturated rings. The summed E-state index contributed by atoms with van der Waals surface area (Å²) in [6.07, 6.45) is 4.55. The lowest BCUT2D eigenvalue weighted by Crippen LogP contribution is -2.17. The summed E-state index contributed by atoms with van der Waals surface area (Å²) < 4.78 is 0. The Morgan fingerprint density at radius 2 is 1.56 bits per heavy atom. The summed E-state index contributed by atoms with van der Waals surface area (Å²) in [5, 5.41) is 11.7. The van der Waals surface area contributed by atoms with E-state index < -0.39 is 5.97 Å². The molecule has 136 valence electrons. The number of benzene rings is 2. The predicted octanol–water partition coefficient (Wildman–Crippen LogP) is 5.58. The molecule has 2 aromatic carbocycles. The van der Waals surface area contributed by atoms with Crippen molar-refractivity contribution in [2.45, 2.75) is 58.5 Å². The molecule has 3 heteroatoms. The van der Waals surface area contributed by atoms with E-state index >= 15 is 0 Å². The quantitative estimate of drug-likeness (QED) is 0.585. The molecule has 0 spiro atoms. The molecule has 0 aromatic heterocycles. The van der Waals surface area contributed by atoms with E-state index in [4.69, 9.17) is 5.11 Å². The summed E-state index contributed by atoms with van der Waals surface area (Å²) in [7, 11) is 0. The smallest absolute Gasteiger partial charge is 0.303 e. The highest BCUT2D eigenvalue weighted by atomic mass is 16.4. The van der Waals surface area contributed by atoms with Gasteiger partial charge in [-0.1, -0.05) is 86.8 Å². The van der Waals surface area contributed by atoms with Gasteiger partial charge >= 0.3 is 5.97 Å². The number of unbranched alkanes of at least 4 members (excludes halogenated alkanes) is 3. The Morgan fingerprint density at radius 3 is 2.12 bits per heavy atom. The topological polar surface area (TPSA) is 49.3 Å². The van der Waals surface area contributed by atoms with Gasteiger partial charge < -0.3 is 10.4 Å². The molecule has 2 N–H and O–H groups in total. The van der Waals surface area contributed by atoms with Crippen molar-refractivity contribution >= 4 is 5.97 Å². The van der Waals surface area contributed by atoms with Crippen LogP contribution in [0, 0.1) is 0 Å². The zero-order chi connectivity index (χ0) is 18.3. The molecule has 0 radical (unpaired) electrons. The standard InChI is InChI=1S/C15H17N.C7H14O2/c1-13(15-10-6-3-7-11-15)16-12-14-8-4-2-5-9-14;1-2-3-4-5-6-7(8)9/h2-11,13,16H,12H2,1H3;2-6H2,1H3,(H,8,9). The Bertz CT molecular complexity index is 569. The second-order valence-corrected chi connectivity index (χ2v) is 6.20. The van der Waals surface area contributed by atoms with Crippen LogP contribution in [-0.4, -0.2) is 11.1 Å². The lowest BCUT2D eigenvalue weighted by Gasteiger charge is -2.14. The van der Waals surface area contributed by atoms with Gasteiger partial charge in [-0.3, -0.25) is 4.79 Å². The fourth-order valence-corrected chi connectivity index (χ4v) is 2.43. The third kappa shape index (κ3) is 10.4. The maximum absolute atomic E-state index is 9.96. The van der Waals surface area contributed by atoms with Crippen molar-refractivity contribution in [2.24, 2.45) is 0 Å². The molecule has 0 aliphatic rings. The van der Waals surface area contributed by atoms with Gasteiger partial charge in [0.05, 0.1) is 0 Å². The molecule has 0 aliphatic carbocycles. The van der Waals surface area contributed by atoms with Gasteiger partial charge in [0.25, 0.3) is 0 Å². The Morgan fingerprint density at radius 1 is 0.960 bits per heavy atom. The fraction of sp³-hybridized carbons (Fsp3) is 0.409. The third-order valence-corrected chi connectivity index (χ3v) is 4.00. The Kier molecular flexibility index (Phi) is 11.0. The molecule has 2 rings (SSSR count). The van der Waals surface area contributed by atoms with Crippen LogP contribution in [-0.2, 0) is 11.3 Å². The summed E-state index contributed by atoms with van der Waals surface area (Å²) in [6, 6.07) is 21.4. The summed E-state index contributed by atoms with van der Waals surface area (Å²) in [5.74, 6) is -0.675. The molecule has 0 saturated carbocycles. The van der Waals surface area contributed by atoms with Gasteiger partial charge in [-0.15, -0.1) is 0 Å². The van der Waals surface area contributed by atoms with Crippen LogP contribution in [0.1, 0.15) is 63.1 Å². The highest BCUT2D eigenvalue weighted by Gasteiger charge is 2.02. The van der Waals surface area contributed by atoms with Crippen molar-refractivity contribution < 1.29 is 9.90 Å². The molecule has 1 unspecified atom stereocenters. The molecule has 0 heterocycles. The Balaban J connectivity index is 0.000000299. The van der Waals surface area contributed by atoms with E-state index in [0.717, 1.165) is 25.8 Å². The average Bonchev–Trinajstić information content (AvgIpc) is 2.65. The maximum Gasteiger partial charge on any atom is 0.303 e. The molecule has 3 nitrogen and oxygen atoms in total. The molecule has 1 atom stereocenters. The monoisotopic (exact) mass is 341 g/mol.